The molecule has 29 heavy (non-hydrogen) atoms. The van der Waals surface area contributed by atoms with E-state index in [-0.39, 0.29) is 0 Å². The number of nitrogens with zero attached hydrogens (tertiary/aromatic N) is 3. The number of ether oxygens (including phenoxy) is 1. The lowest BCUT2D eigenvalue weighted by atomic mass is 9.95. The highest BCUT2D eigenvalue weighted by atomic mass is 32.2. The van der Waals surface area contributed by atoms with Crippen molar-refractivity contribution in [3.05, 3.63) is 29.8 Å². The van der Waals surface area contributed by atoms with E-state index in [4.69, 9.17) is 10.5 Å². The van der Waals surface area contributed by atoms with Crippen molar-refractivity contribution >= 4 is 22.6 Å². The van der Waals surface area contributed by atoms with E-state index in [9.17, 15) is 9.00 Å². The number of nitrogens with two attached hydrogens (primary N) is 1. The minimum atomic E-state index is -1.40. The molecule has 162 valence electrons. The van der Waals surface area contributed by atoms with Gasteiger partial charge in [-0.2, -0.15) is 0 Å². The van der Waals surface area contributed by atoms with Gasteiger partial charge in [0.05, 0.1) is 6.61 Å². The molecule has 0 aliphatic carbocycles. The van der Waals surface area contributed by atoms with E-state index in [0.29, 0.717) is 32.5 Å². The van der Waals surface area contributed by atoms with E-state index in [0.717, 1.165) is 39.1 Å². The van der Waals surface area contributed by atoms with Gasteiger partial charge in [0.25, 0.3) is 0 Å². The number of amides is 1. The molecule has 2 aliphatic rings. The fraction of sp³-hybridized carbons (Fsp3) is 0.667. The number of aryl methyl sites for hydroxylation is 1. The first-order valence-electron chi connectivity index (χ1n) is 10.5. The van der Waals surface area contributed by atoms with Gasteiger partial charge < -0.3 is 20.3 Å². The first-order valence-corrected chi connectivity index (χ1v) is 11.6. The van der Waals surface area contributed by atoms with Gasteiger partial charge in [-0.3, -0.25) is 4.79 Å². The van der Waals surface area contributed by atoms with Gasteiger partial charge in [0.15, 0.2) is 0 Å². The van der Waals surface area contributed by atoms with Gasteiger partial charge in [0.2, 0.25) is 5.91 Å². The van der Waals surface area contributed by atoms with Crippen molar-refractivity contribution in [2.75, 3.05) is 64.4 Å². The van der Waals surface area contributed by atoms with Crippen LogP contribution in [0.15, 0.2) is 24.3 Å². The molecule has 0 aromatic heterocycles. The van der Waals surface area contributed by atoms with Crippen LogP contribution in [0.2, 0.25) is 0 Å². The summed E-state index contributed by atoms with van der Waals surface area (Å²) in [6.07, 6.45) is 2.11. The van der Waals surface area contributed by atoms with Gasteiger partial charge in [0, 0.05) is 58.6 Å². The maximum atomic E-state index is 13.4. The first-order chi connectivity index (χ1) is 14.0. The number of piperidine rings is 1. The second-order valence-corrected chi connectivity index (χ2v) is 9.67. The molecule has 1 aromatic carbocycles. The number of carbonyl (C=O) groups excluding carboxylic acids is 1. The Balaban J connectivity index is 1.60. The maximum Gasteiger partial charge on any atom is 0.237 e. The normalized spacial score (nSPS) is 21.8. The summed E-state index contributed by atoms with van der Waals surface area (Å²) >= 11 is 0. The minimum Gasteiger partial charge on any atom is -0.383 e. The largest absolute Gasteiger partial charge is 0.383 e. The van der Waals surface area contributed by atoms with Gasteiger partial charge in [0.1, 0.15) is 15.7 Å². The molecule has 2 fully saturated rings. The molecule has 0 radical (unpaired) electrons. The molecule has 1 unspecified atom stereocenters. The molecule has 8 heteroatoms. The zero-order chi connectivity index (χ0) is 20.9. The third-order valence-corrected chi connectivity index (χ3v) is 8.35. The summed E-state index contributed by atoms with van der Waals surface area (Å²) in [6, 6.07) is 8.65. The Morgan fingerprint density at radius 1 is 1.10 bits per heavy atom. The van der Waals surface area contributed by atoms with Crippen molar-refractivity contribution < 1.29 is 13.7 Å². The predicted molar refractivity (Wildman–Crippen MR) is 117 cm³/mol. The molecule has 1 atom stereocenters. The molecule has 1 amide bonds. The van der Waals surface area contributed by atoms with Crippen LogP contribution < -0.4 is 10.6 Å². The molecular weight excluding hydrogens is 388 g/mol. The standard InChI is InChI=1S/C21H34N4O3S/c1-3-18-4-6-19(7-5-18)24-12-14-25(15-13-24)29(27)21(20(22)26)8-10-23(11-9-21)16-17-28-2/h4-7H,3,8-17H2,1-2H3,(H2,22,26). The number of hydrogen-bond acceptors (Lipinski definition) is 5. The van der Waals surface area contributed by atoms with Crippen LogP contribution in [-0.4, -0.2) is 83.6 Å². The van der Waals surface area contributed by atoms with Gasteiger partial charge in [-0.25, -0.2) is 8.51 Å². The van der Waals surface area contributed by atoms with Crippen LogP contribution in [0.3, 0.4) is 0 Å². The summed E-state index contributed by atoms with van der Waals surface area (Å²) < 4.78 is 19.6. The van der Waals surface area contributed by atoms with Crippen LogP contribution in [0.4, 0.5) is 5.69 Å². The molecule has 2 saturated heterocycles. The molecule has 1 aromatic rings. The minimum absolute atomic E-state index is 0.431. The van der Waals surface area contributed by atoms with Crippen molar-refractivity contribution in [3.8, 4) is 0 Å². The second-order valence-electron chi connectivity index (χ2n) is 7.88. The van der Waals surface area contributed by atoms with Crippen LogP contribution in [0.1, 0.15) is 25.3 Å². The summed E-state index contributed by atoms with van der Waals surface area (Å²) in [4.78, 5) is 16.9. The van der Waals surface area contributed by atoms with E-state index < -0.39 is 21.6 Å². The zero-order valence-electron chi connectivity index (χ0n) is 17.6. The highest BCUT2D eigenvalue weighted by Crippen LogP contribution is 2.31. The molecule has 0 saturated carbocycles. The van der Waals surface area contributed by atoms with Gasteiger partial charge in [-0.15, -0.1) is 0 Å². The molecule has 2 aliphatic heterocycles. The predicted octanol–water partition coefficient (Wildman–Crippen LogP) is 1.00. The Labute approximate surface area is 176 Å². The number of anilines is 1. The third-order valence-electron chi connectivity index (χ3n) is 6.24. The Bertz CT molecular complexity index is 696. The first kappa shape index (κ1) is 22.2. The summed E-state index contributed by atoms with van der Waals surface area (Å²) in [7, 11) is 0.281. The maximum absolute atomic E-state index is 13.4. The third kappa shape index (κ3) is 4.99. The summed E-state index contributed by atoms with van der Waals surface area (Å²) in [5, 5.41) is 0. The Morgan fingerprint density at radius 3 is 2.24 bits per heavy atom. The Morgan fingerprint density at radius 2 is 1.72 bits per heavy atom. The lowest BCUT2D eigenvalue weighted by Gasteiger charge is -2.43. The highest BCUT2D eigenvalue weighted by molar-refractivity contribution is 7.85. The van der Waals surface area contributed by atoms with E-state index in [2.05, 4.69) is 41.0 Å². The number of carbonyl (C=O) groups is 1. The molecular formula is C21H34N4O3S. The number of benzene rings is 1. The smallest absolute Gasteiger partial charge is 0.237 e. The second kappa shape index (κ2) is 10.0. The van der Waals surface area contributed by atoms with Gasteiger partial charge in [-0.1, -0.05) is 19.1 Å². The molecule has 2 N–H and O–H groups in total. The fourth-order valence-electron chi connectivity index (χ4n) is 4.17. The van der Waals surface area contributed by atoms with Gasteiger partial charge >= 0.3 is 0 Å². The number of rotatable bonds is 8. The fourth-order valence-corrected chi connectivity index (χ4v) is 5.86. The van der Waals surface area contributed by atoms with Crippen molar-refractivity contribution in [1.29, 1.82) is 0 Å². The highest BCUT2D eigenvalue weighted by Gasteiger charge is 2.48. The summed E-state index contributed by atoms with van der Waals surface area (Å²) in [6.45, 7) is 8.03. The van der Waals surface area contributed by atoms with Crippen LogP contribution in [0.25, 0.3) is 0 Å². The van der Waals surface area contributed by atoms with E-state index in [1.54, 1.807) is 7.11 Å². The lowest BCUT2D eigenvalue weighted by Crippen LogP contribution is -2.60. The molecule has 7 nitrogen and oxygen atoms in total. The van der Waals surface area contributed by atoms with Crippen molar-refractivity contribution in [2.24, 2.45) is 5.73 Å². The van der Waals surface area contributed by atoms with Crippen molar-refractivity contribution in [3.63, 3.8) is 0 Å². The average Bonchev–Trinajstić information content (AvgIpc) is 2.77. The van der Waals surface area contributed by atoms with Crippen LogP contribution in [0.5, 0.6) is 0 Å². The number of hydrogen-bond donors (Lipinski definition) is 1. The SMILES string of the molecule is CCc1ccc(N2CCN(S(=O)C3(C(N)=O)CCN(CCOC)CC3)CC2)cc1. The van der Waals surface area contributed by atoms with E-state index in [1.807, 2.05) is 4.31 Å². The number of primary amides is 1. The van der Waals surface area contributed by atoms with Crippen LogP contribution in [-0.2, 0) is 26.9 Å². The number of piperazine rings is 1. The molecule has 2 heterocycles. The quantitative estimate of drug-likeness (QED) is 0.676. The Hall–Kier alpha value is -1.48. The van der Waals surface area contributed by atoms with Crippen molar-refractivity contribution in [1.82, 2.24) is 9.21 Å². The summed E-state index contributed by atoms with van der Waals surface area (Å²) in [5.74, 6) is -0.431. The topological polar surface area (TPSA) is 79.1 Å². The molecule has 3 rings (SSSR count). The number of methoxy groups -OCH3 is 1. The van der Waals surface area contributed by atoms with E-state index >= 15 is 0 Å². The Kier molecular flexibility index (Phi) is 7.67. The number of likely N-dealkylation sites (tertiary alicyclic amines) is 1. The summed E-state index contributed by atoms with van der Waals surface area (Å²) in [5.41, 5.74) is 8.31. The molecule has 0 bridgehead atoms. The average molecular weight is 423 g/mol. The zero-order valence-corrected chi connectivity index (χ0v) is 18.5. The monoisotopic (exact) mass is 422 g/mol. The van der Waals surface area contributed by atoms with Crippen molar-refractivity contribution in [2.45, 2.75) is 30.9 Å². The van der Waals surface area contributed by atoms with Crippen LogP contribution >= 0.6 is 0 Å². The lowest BCUT2D eigenvalue weighted by molar-refractivity contribution is -0.121. The van der Waals surface area contributed by atoms with Crippen LogP contribution in [0, 0.1) is 0 Å². The molecule has 0 spiro atoms. The van der Waals surface area contributed by atoms with E-state index in [1.165, 1.54) is 11.3 Å². The van der Waals surface area contributed by atoms with Gasteiger partial charge in [-0.05, 0) is 37.0 Å².